The van der Waals surface area contributed by atoms with Gasteiger partial charge >= 0.3 is 12.3 Å². The van der Waals surface area contributed by atoms with Crippen molar-refractivity contribution in [2.45, 2.75) is 58.5 Å². The molecular weight excluding hydrogens is 443 g/mol. The third-order valence-electron chi connectivity index (χ3n) is 3.49. The number of nitrogens with one attached hydrogen (secondary N) is 2. The highest BCUT2D eigenvalue weighted by Crippen LogP contribution is 2.31. The Bertz CT molecular complexity index is 799. The summed E-state index contributed by atoms with van der Waals surface area (Å²) in [4.78, 5) is 19.0. The van der Waals surface area contributed by atoms with Crippen LogP contribution in [0.2, 0.25) is 0 Å². The number of nitrogens with zero attached hydrogens (tertiary/aromatic N) is 1. The zero-order valence-electron chi connectivity index (χ0n) is 16.6. The van der Waals surface area contributed by atoms with Gasteiger partial charge in [0.1, 0.15) is 11.4 Å². The van der Waals surface area contributed by atoms with Crippen molar-refractivity contribution in [2.24, 2.45) is 0 Å². The zero-order valence-corrected chi connectivity index (χ0v) is 18.2. The number of alkyl carbamates (subject to hydrolysis) is 1. The van der Waals surface area contributed by atoms with Crippen LogP contribution in [0.5, 0.6) is 0 Å². The van der Waals surface area contributed by atoms with E-state index < -0.39 is 23.5 Å². The molecule has 0 bridgehead atoms. The molecule has 0 aliphatic rings. The van der Waals surface area contributed by atoms with E-state index in [1.54, 1.807) is 0 Å². The molecule has 0 saturated heterocycles. The SMILES string of the molecule is CC(C)(C)OC(=O)NCc1nc2ccc(Br)cc2[nH]1.COC(C)(C)C(F)(F)F. The van der Waals surface area contributed by atoms with Gasteiger partial charge in [-0.2, -0.15) is 13.2 Å². The molecule has 158 valence electrons. The summed E-state index contributed by atoms with van der Waals surface area (Å²) in [6.07, 6.45) is -4.73. The number of aromatic nitrogens is 2. The van der Waals surface area contributed by atoms with Crippen LogP contribution in [0.1, 0.15) is 40.4 Å². The van der Waals surface area contributed by atoms with E-state index in [0.717, 1.165) is 36.5 Å². The number of ether oxygens (including phenoxy) is 2. The Balaban J connectivity index is 0.000000370. The molecule has 0 aliphatic carbocycles. The van der Waals surface area contributed by atoms with Gasteiger partial charge in [-0.1, -0.05) is 15.9 Å². The van der Waals surface area contributed by atoms with Crippen LogP contribution in [-0.4, -0.2) is 40.5 Å². The number of carbonyl (C=O) groups is 1. The summed E-state index contributed by atoms with van der Waals surface area (Å²) in [5.74, 6) is 0.693. The maximum atomic E-state index is 11.7. The van der Waals surface area contributed by atoms with Crippen LogP contribution in [-0.2, 0) is 16.0 Å². The lowest BCUT2D eigenvalue weighted by atomic mass is 10.1. The fraction of sp³-hybridized carbons (Fsp3) is 0.556. The molecule has 1 aromatic carbocycles. The van der Waals surface area contributed by atoms with Crippen molar-refractivity contribution in [3.63, 3.8) is 0 Å². The number of benzene rings is 1. The average molecular weight is 468 g/mol. The predicted molar refractivity (Wildman–Crippen MR) is 104 cm³/mol. The Hall–Kier alpha value is -1.81. The number of fused-ring (bicyclic) bond motifs is 1. The summed E-state index contributed by atoms with van der Waals surface area (Å²) in [5.41, 5.74) is -0.727. The van der Waals surface area contributed by atoms with Crippen LogP contribution in [0.15, 0.2) is 22.7 Å². The number of imidazole rings is 1. The van der Waals surface area contributed by atoms with Crippen molar-refractivity contribution in [3.8, 4) is 0 Å². The second-order valence-electron chi connectivity index (χ2n) is 7.41. The van der Waals surface area contributed by atoms with E-state index in [9.17, 15) is 18.0 Å². The van der Waals surface area contributed by atoms with Crippen LogP contribution >= 0.6 is 15.9 Å². The van der Waals surface area contributed by atoms with Crippen LogP contribution in [0.4, 0.5) is 18.0 Å². The topological polar surface area (TPSA) is 76.2 Å². The lowest BCUT2D eigenvalue weighted by Crippen LogP contribution is -2.40. The highest BCUT2D eigenvalue weighted by atomic mass is 79.9. The molecule has 10 heteroatoms. The third-order valence-corrected chi connectivity index (χ3v) is 3.98. The van der Waals surface area contributed by atoms with E-state index in [1.807, 2.05) is 39.0 Å². The molecule has 0 spiro atoms. The molecular formula is C18H25BrF3N3O3. The highest BCUT2D eigenvalue weighted by molar-refractivity contribution is 9.10. The molecule has 0 aliphatic heterocycles. The van der Waals surface area contributed by atoms with Crippen LogP contribution in [0.3, 0.4) is 0 Å². The molecule has 2 rings (SSSR count). The first-order chi connectivity index (χ1) is 12.6. The van der Waals surface area contributed by atoms with Crippen molar-refractivity contribution in [3.05, 3.63) is 28.5 Å². The highest BCUT2D eigenvalue weighted by Gasteiger charge is 2.47. The Morgan fingerprint density at radius 1 is 1.21 bits per heavy atom. The molecule has 28 heavy (non-hydrogen) atoms. The molecule has 1 heterocycles. The summed E-state index contributed by atoms with van der Waals surface area (Å²) in [7, 11) is 1.04. The number of halogens is 4. The maximum Gasteiger partial charge on any atom is 0.416 e. The fourth-order valence-corrected chi connectivity index (χ4v) is 2.07. The van der Waals surface area contributed by atoms with Crippen molar-refractivity contribution < 1.29 is 27.4 Å². The van der Waals surface area contributed by atoms with E-state index in [2.05, 4.69) is 36.0 Å². The van der Waals surface area contributed by atoms with E-state index in [0.29, 0.717) is 12.4 Å². The number of rotatable bonds is 3. The number of hydrogen-bond donors (Lipinski definition) is 2. The summed E-state index contributed by atoms with van der Waals surface area (Å²) < 4.78 is 45.4. The van der Waals surface area contributed by atoms with E-state index >= 15 is 0 Å². The largest absolute Gasteiger partial charge is 0.444 e. The van der Waals surface area contributed by atoms with Crippen LogP contribution < -0.4 is 5.32 Å². The second kappa shape index (κ2) is 9.13. The molecule has 6 nitrogen and oxygen atoms in total. The van der Waals surface area contributed by atoms with E-state index in [1.165, 1.54) is 0 Å². The summed E-state index contributed by atoms with van der Waals surface area (Å²) in [6, 6.07) is 5.78. The molecule has 0 atom stereocenters. The number of alkyl halides is 3. The molecule has 1 amide bonds. The van der Waals surface area contributed by atoms with Gasteiger partial charge < -0.3 is 19.8 Å². The Labute approximate surface area is 170 Å². The van der Waals surface area contributed by atoms with Crippen molar-refractivity contribution in [1.29, 1.82) is 0 Å². The lowest BCUT2D eigenvalue weighted by Gasteiger charge is -2.25. The minimum Gasteiger partial charge on any atom is -0.444 e. The first-order valence-corrected chi connectivity index (χ1v) is 9.17. The molecule has 2 aromatic rings. The van der Waals surface area contributed by atoms with Gasteiger partial charge in [0.2, 0.25) is 0 Å². The second-order valence-corrected chi connectivity index (χ2v) is 8.33. The first kappa shape index (κ1) is 24.2. The van der Waals surface area contributed by atoms with Gasteiger partial charge in [0.15, 0.2) is 5.60 Å². The van der Waals surface area contributed by atoms with Gasteiger partial charge in [-0.15, -0.1) is 0 Å². The number of carbonyl (C=O) groups excluding carboxylic acids is 1. The standard InChI is InChI=1S/C13H16BrN3O2.C5H9F3O/c1-13(2,3)19-12(18)15-7-11-16-9-5-4-8(14)6-10(9)17-11;1-4(2,9-3)5(6,7)8/h4-6H,7H2,1-3H3,(H,15,18)(H,16,17);1-3H3. The maximum absolute atomic E-state index is 11.7. The molecule has 2 N–H and O–H groups in total. The average Bonchev–Trinajstić information content (AvgIpc) is 2.93. The molecule has 0 unspecified atom stereocenters. The summed E-state index contributed by atoms with van der Waals surface area (Å²) in [5, 5.41) is 2.66. The Morgan fingerprint density at radius 2 is 1.82 bits per heavy atom. The molecule has 0 radical (unpaired) electrons. The number of hydrogen-bond acceptors (Lipinski definition) is 4. The Kier molecular flexibility index (Phi) is 7.90. The van der Waals surface area contributed by atoms with Gasteiger partial charge in [0.25, 0.3) is 0 Å². The van der Waals surface area contributed by atoms with Gasteiger partial charge in [-0.05, 0) is 52.8 Å². The van der Waals surface area contributed by atoms with Gasteiger partial charge in [-0.3, -0.25) is 0 Å². The minimum absolute atomic E-state index is 0.307. The fourth-order valence-electron chi connectivity index (χ4n) is 1.70. The smallest absolute Gasteiger partial charge is 0.416 e. The number of methoxy groups -OCH3 is 1. The Morgan fingerprint density at radius 3 is 2.29 bits per heavy atom. The van der Waals surface area contributed by atoms with Crippen molar-refractivity contribution >= 4 is 33.1 Å². The predicted octanol–water partition coefficient (Wildman–Crippen LogP) is 5.32. The van der Waals surface area contributed by atoms with Gasteiger partial charge in [0.05, 0.1) is 17.6 Å². The first-order valence-electron chi connectivity index (χ1n) is 8.37. The molecule has 1 aromatic heterocycles. The van der Waals surface area contributed by atoms with Gasteiger partial charge in [-0.25, -0.2) is 9.78 Å². The zero-order chi connectivity index (χ0) is 21.8. The number of H-pyrrole nitrogens is 1. The number of amides is 1. The monoisotopic (exact) mass is 467 g/mol. The summed E-state index contributed by atoms with van der Waals surface area (Å²) in [6.45, 7) is 7.74. The van der Waals surface area contributed by atoms with E-state index in [-0.39, 0.29) is 0 Å². The van der Waals surface area contributed by atoms with Crippen LogP contribution in [0, 0.1) is 0 Å². The summed E-state index contributed by atoms with van der Waals surface area (Å²) >= 11 is 3.40. The quantitative estimate of drug-likeness (QED) is 0.639. The van der Waals surface area contributed by atoms with Gasteiger partial charge in [0, 0.05) is 11.6 Å². The van der Waals surface area contributed by atoms with E-state index in [4.69, 9.17) is 4.74 Å². The van der Waals surface area contributed by atoms with Crippen molar-refractivity contribution in [1.82, 2.24) is 15.3 Å². The number of aromatic amines is 1. The normalized spacial score (nSPS) is 12.4. The molecule has 0 fully saturated rings. The van der Waals surface area contributed by atoms with Crippen LogP contribution in [0.25, 0.3) is 11.0 Å². The lowest BCUT2D eigenvalue weighted by molar-refractivity contribution is -0.255. The molecule has 0 saturated carbocycles. The third kappa shape index (κ3) is 7.67. The van der Waals surface area contributed by atoms with Crippen molar-refractivity contribution in [2.75, 3.05) is 7.11 Å². The minimum atomic E-state index is -4.28.